The second kappa shape index (κ2) is 10.1. The van der Waals surface area contributed by atoms with E-state index in [0.717, 1.165) is 44.3 Å². The van der Waals surface area contributed by atoms with E-state index in [1.165, 1.54) is 43.7 Å². The third kappa shape index (κ3) is 3.79. The van der Waals surface area contributed by atoms with Crippen molar-refractivity contribution < 1.29 is 4.42 Å². The summed E-state index contributed by atoms with van der Waals surface area (Å²) in [6.45, 7) is 0. The van der Waals surface area contributed by atoms with Crippen LogP contribution in [0.5, 0.6) is 0 Å². The fourth-order valence-electron chi connectivity index (χ4n) is 8.27. The van der Waals surface area contributed by atoms with Crippen LogP contribution >= 0.6 is 0 Å². The highest BCUT2D eigenvalue weighted by Crippen LogP contribution is 2.45. The maximum Gasteiger partial charge on any atom is 0.160 e. The number of benzene rings is 7. The van der Waals surface area contributed by atoms with Gasteiger partial charge in [0.2, 0.25) is 0 Å². The molecule has 0 saturated heterocycles. The van der Waals surface area contributed by atoms with Gasteiger partial charge in [-0.05, 0) is 59.7 Å². The molecule has 7 aromatic carbocycles. The van der Waals surface area contributed by atoms with E-state index in [9.17, 15) is 0 Å². The lowest BCUT2D eigenvalue weighted by atomic mass is 9.95. The van der Waals surface area contributed by atoms with Crippen LogP contribution in [0.1, 0.15) is 23.5 Å². The first kappa shape index (κ1) is 26.7. The van der Waals surface area contributed by atoms with E-state index in [1.807, 2.05) is 6.07 Å². The number of rotatable bonds is 3. The van der Waals surface area contributed by atoms with E-state index >= 15 is 0 Å². The Kier molecular flexibility index (Phi) is 5.51. The first-order valence-corrected chi connectivity index (χ1v) is 16.8. The fraction of sp³-hybridized carbons (Fsp3) is 0.0455. The molecule has 10 aromatic rings. The Morgan fingerprint density at radius 2 is 1.20 bits per heavy atom. The summed E-state index contributed by atoms with van der Waals surface area (Å²) in [5, 5.41) is 15.0. The molecule has 2 unspecified atom stereocenters. The number of hydrogen-bond acceptors (Lipinski definition) is 3. The van der Waals surface area contributed by atoms with Crippen LogP contribution in [0.3, 0.4) is 0 Å². The minimum absolute atomic E-state index is 0.00877. The molecule has 0 bridgehead atoms. The third-order valence-corrected chi connectivity index (χ3v) is 10.4. The van der Waals surface area contributed by atoms with Crippen molar-refractivity contribution in [1.82, 2.24) is 14.5 Å². The Labute approximate surface area is 281 Å². The average Bonchev–Trinajstić information content (AvgIpc) is 3.81. The quantitative estimate of drug-likeness (QED) is 0.204. The maximum atomic E-state index is 6.77. The van der Waals surface area contributed by atoms with Gasteiger partial charge >= 0.3 is 0 Å². The van der Waals surface area contributed by atoms with Crippen molar-refractivity contribution in [3.63, 3.8) is 0 Å². The van der Waals surface area contributed by atoms with Crippen molar-refractivity contribution in [3.8, 4) is 5.69 Å². The topological polar surface area (TPSA) is 47.1 Å². The number of nitrogens with one attached hydrogen (secondary N) is 2. The predicted octanol–water partition coefficient (Wildman–Crippen LogP) is 11.1. The van der Waals surface area contributed by atoms with Gasteiger partial charge in [-0.1, -0.05) is 109 Å². The smallest absolute Gasteiger partial charge is 0.160 e. The Balaban J connectivity index is 1.28. The molecule has 1 aliphatic rings. The van der Waals surface area contributed by atoms with Crippen LogP contribution < -0.4 is 10.6 Å². The Morgan fingerprint density at radius 3 is 2.08 bits per heavy atom. The number of hydrogen-bond donors (Lipinski definition) is 2. The van der Waals surface area contributed by atoms with Crippen molar-refractivity contribution in [2.24, 2.45) is 0 Å². The van der Waals surface area contributed by atoms with E-state index in [0.29, 0.717) is 0 Å². The molecule has 5 heteroatoms. The minimum Gasteiger partial charge on any atom is -0.454 e. The van der Waals surface area contributed by atoms with Gasteiger partial charge in [0.05, 0.1) is 28.1 Å². The highest BCUT2D eigenvalue weighted by Gasteiger charge is 2.31. The largest absolute Gasteiger partial charge is 0.454 e. The molecule has 0 spiro atoms. The number of anilines is 1. The Bertz CT molecular complexity index is 2900. The average molecular weight is 631 g/mol. The standard InChI is InChI=1S/C44H30N4O/c1-3-13-27(14-4-1)41-33-19-7-10-20-36(33)45-44(46-41)48-39-26-38-34(29-17-8-11-21-37(29)47(38)28-15-5-2-6-16-28)25-35(39)31-23-24-32-30-18-9-12-22-40(30)49-43(32)42(31)48/h1-26,41,44-46H. The zero-order chi connectivity index (χ0) is 32.1. The fourth-order valence-corrected chi connectivity index (χ4v) is 8.27. The van der Waals surface area contributed by atoms with E-state index in [-0.39, 0.29) is 12.3 Å². The first-order chi connectivity index (χ1) is 24.3. The zero-order valence-corrected chi connectivity index (χ0v) is 26.5. The van der Waals surface area contributed by atoms with Gasteiger partial charge < -0.3 is 18.9 Å². The van der Waals surface area contributed by atoms with Crippen LogP contribution in [0.15, 0.2) is 162 Å². The van der Waals surface area contributed by atoms with Gasteiger partial charge in [0.15, 0.2) is 11.9 Å². The lowest BCUT2D eigenvalue weighted by Gasteiger charge is -2.36. The SMILES string of the molecule is c1ccc(C2NC(n3c4cc5c(cc4c4ccc6c7ccccc7oc6c43)c3ccccc3n5-c3ccccc3)Nc3ccccc32)cc1. The van der Waals surface area contributed by atoms with Gasteiger partial charge in [0.25, 0.3) is 0 Å². The second-order valence-corrected chi connectivity index (χ2v) is 13.0. The molecular weight excluding hydrogens is 601 g/mol. The molecule has 0 fully saturated rings. The van der Waals surface area contributed by atoms with E-state index in [2.05, 4.69) is 171 Å². The van der Waals surface area contributed by atoms with Crippen molar-refractivity contribution in [3.05, 3.63) is 169 Å². The number of nitrogens with zero attached hydrogens (tertiary/aromatic N) is 2. The third-order valence-electron chi connectivity index (χ3n) is 10.4. The van der Waals surface area contributed by atoms with Gasteiger partial charge in [0.1, 0.15) is 5.58 Å². The summed E-state index contributed by atoms with van der Waals surface area (Å²) in [5.41, 5.74) is 11.1. The summed E-state index contributed by atoms with van der Waals surface area (Å²) in [5.74, 6) is 0. The Morgan fingerprint density at radius 1 is 0.510 bits per heavy atom. The maximum absolute atomic E-state index is 6.77. The van der Waals surface area contributed by atoms with Gasteiger partial charge in [-0.3, -0.25) is 5.32 Å². The molecule has 2 N–H and O–H groups in total. The molecule has 2 atom stereocenters. The van der Waals surface area contributed by atoms with Crippen LogP contribution in [0.4, 0.5) is 5.69 Å². The molecule has 0 radical (unpaired) electrons. The molecule has 0 aliphatic carbocycles. The number of fused-ring (bicyclic) bond motifs is 11. The van der Waals surface area contributed by atoms with Gasteiger partial charge in [-0.15, -0.1) is 0 Å². The van der Waals surface area contributed by atoms with Gasteiger partial charge in [-0.25, -0.2) is 0 Å². The molecule has 0 saturated carbocycles. The van der Waals surface area contributed by atoms with Crippen LogP contribution in [-0.2, 0) is 0 Å². The van der Waals surface area contributed by atoms with Gasteiger partial charge in [-0.2, -0.15) is 0 Å². The highest BCUT2D eigenvalue weighted by molar-refractivity contribution is 6.24. The van der Waals surface area contributed by atoms with Crippen molar-refractivity contribution >= 4 is 71.2 Å². The molecule has 3 aromatic heterocycles. The summed E-state index contributed by atoms with van der Waals surface area (Å²) < 4.78 is 11.6. The predicted molar refractivity (Wildman–Crippen MR) is 202 cm³/mol. The Hall–Kier alpha value is -6.30. The molecule has 5 nitrogen and oxygen atoms in total. The van der Waals surface area contributed by atoms with Crippen molar-refractivity contribution in [2.75, 3.05) is 5.32 Å². The van der Waals surface area contributed by atoms with Crippen LogP contribution in [0.25, 0.3) is 71.2 Å². The molecule has 232 valence electrons. The van der Waals surface area contributed by atoms with Gasteiger partial charge in [0, 0.05) is 43.7 Å². The summed E-state index contributed by atoms with van der Waals surface area (Å²) in [7, 11) is 0. The second-order valence-electron chi connectivity index (χ2n) is 13.0. The zero-order valence-electron chi connectivity index (χ0n) is 26.5. The summed E-state index contributed by atoms with van der Waals surface area (Å²) >= 11 is 0. The molecular formula is C44H30N4O. The van der Waals surface area contributed by atoms with Crippen molar-refractivity contribution in [1.29, 1.82) is 0 Å². The summed E-state index contributed by atoms with van der Waals surface area (Å²) in [6, 6.07) is 56.4. The van der Waals surface area contributed by atoms with E-state index < -0.39 is 0 Å². The molecule has 0 amide bonds. The lowest BCUT2D eigenvalue weighted by Crippen LogP contribution is -2.40. The monoisotopic (exact) mass is 630 g/mol. The first-order valence-electron chi connectivity index (χ1n) is 16.8. The number of aromatic nitrogens is 2. The normalized spacial score (nSPS) is 16.2. The number of furan rings is 1. The molecule has 1 aliphatic heterocycles. The minimum atomic E-state index is -0.272. The lowest BCUT2D eigenvalue weighted by molar-refractivity contribution is 0.416. The molecule has 11 rings (SSSR count). The van der Waals surface area contributed by atoms with E-state index in [1.54, 1.807) is 0 Å². The number of para-hydroxylation sites is 4. The van der Waals surface area contributed by atoms with Crippen LogP contribution in [-0.4, -0.2) is 9.13 Å². The summed E-state index contributed by atoms with van der Waals surface area (Å²) in [6.07, 6.45) is -0.272. The van der Waals surface area contributed by atoms with Crippen LogP contribution in [0, 0.1) is 0 Å². The van der Waals surface area contributed by atoms with Crippen molar-refractivity contribution in [2.45, 2.75) is 12.3 Å². The van der Waals surface area contributed by atoms with E-state index in [4.69, 9.17) is 4.42 Å². The highest BCUT2D eigenvalue weighted by atomic mass is 16.3. The summed E-state index contributed by atoms with van der Waals surface area (Å²) in [4.78, 5) is 0. The molecule has 49 heavy (non-hydrogen) atoms. The van der Waals surface area contributed by atoms with Crippen LogP contribution in [0.2, 0.25) is 0 Å². The molecule has 4 heterocycles.